The topological polar surface area (TPSA) is 58.2 Å². The van der Waals surface area contributed by atoms with Gasteiger partial charge in [-0.2, -0.15) is 0 Å². The molecule has 2 amide bonds. The first-order valence-electron chi connectivity index (χ1n) is 6.52. The maximum atomic E-state index is 12.3. The summed E-state index contributed by atoms with van der Waals surface area (Å²) < 4.78 is 0.700. The number of benzene rings is 1. The van der Waals surface area contributed by atoms with Crippen LogP contribution in [-0.2, 0) is 11.2 Å². The van der Waals surface area contributed by atoms with Crippen molar-refractivity contribution >= 4 is 40.4 Å². The number of hydrogen-bond acceptors (Lipinski definition) is 3. The highest BCUT2D eigenvalue weighted by Gasteiger charge is 2.20. The van der Waals surface area contributed by atoms with Gasteiger partial charge in [0.15, 0.2) is 0 Å². The van der Waals surface area contributed by atoms with Gasteiger partial charge in [0.2, 0.25) is 5.91 Å². The zero-order valence-electron chi connectivity index (χ0n) is 11.3. The van der Waals surface area contributed by atoms with Crippen LogP contribution in [0.1, 0.15) is 33.8 Å². The van der Waals surface area contributed by atoms with E-state index in [1.807, 2.05) is 25.1 Å². The van der Waals surface area contributed by atoms with Crippen molar-refractivity contribution in [1.29, 1.82) is 0 Å². The van der Waals surface area contributed by atoms with E-state index in [9.17, 15) is 9.59 Å². The number of carbonyl (C=O) groups excluding carboxylic acids is 2. The molecule has 0 spiro atoms. The molecule has 3 rings (SSSR count). The SMILES string of the molecule is CC(NC(=O)c1ccc2c(c1)NC(=O)C2)c1ccc(Cl)s1. The molecule has 1 aliphatic heterocycles. The fourth-order valence-electron chi connectivity index (χ4n) is 2.27. The molecule has 0 bridgehead atoms. The van der Waals surface area contributed by atoms with Crippen molar-refractivity contribution in [2.24, 2.45) is 0 Å². The van der Waals surface area contributed by atoms with E-state index in [2.05, 4.69) is 10.6 Å². The van der Waals surface area contributed by atoms with Crippen molar-refractivity contribution in [3.05, 3.63) is 50.7 Å². The van der Waals surface area contributed by atoms with Crippen LogP contribution in [0, 0.1) is 0 Å². The molecular weight excluding hydrogens is 308 g/mol. The lowest BCUT2D eigenvalue weighted by Gasteiger charge is -2.12. The van der Waals surface area contributed by atoms with Gasteiger partial charge in [-0.15, -0.1) is 11.3 Å². The fourth-order valence-corrected chi connectivity index (χ4v) is 3.33. The molecule has 0 saturated heterocycles. The van der Waals surface area contributed by atoms with E-state index in [-0.39, 0.29) is 17.9 Å². The molecule has 0 aliphatic carbocycles. The van der Waals surface area contributed by atoms with Gasteiger partial charge < -0.3 is 10.6 Å². The van der Waals surface area contributed by atoms with E-state index in [1.54, 1.807) is 12.1 Å². The summed E-state index contributed by atoms with van der Waals surface area (Å²) in [6.45, 7) is 1.91. The molecule has 0 fully saturated rings. The van der Waals surface area contributed by atoms with Gasteiger partial charge >= 0.3 is 0 Å². The Hall–Kier alpha value is -1.85. The summed E-state index contributed by atoms with van der Waals surface area (Å²) in [7, 11) is 0. The molecule has 2 N–H and O–H groups in total. The van der Waals surface area contributed by atoms with E-state index in [1.165, 1.54) is 11.3 Å². The number of fused-ring (bicyclic) bond motifs is 1. The van der Waals surface area contributed by atoms with Crippen LogP contribution in [-0.4, -0.2) is 11.8 Å². The fraction of sp³-hybridized carbons (Fsp3) is 0.200. The molecule has 2 aromatic rings. The van der Waals surface area contributed by atoms with Gasteiger partial charge in [0.1, 0.15) is 0 Å². The minimum Gasteiger partial charge on any atom is -0.345 e. The largest absolute Gasteiger partial charge is 0.345 e. The van der Waals surface area contributed by atoms with Crippen LogP contribution in [0.5, 0.6) is 0 Å². The zero-order chi connectivity index (χ0) is 15.0. The summed E-state index contributed by atoms with van der Waals surface area (Å²) >= 11 is 7.35. The normalized spacial score (nSPS) is 14.5. The summed E-state index contributed by atoms with van der Waals surface area (Å²) in [5.41, 5.74) is 2.18. The van der Waals surface area contributed by atoms with Crippen molar-refractivity contribution in [3.63, 3.8) is 0 Å². The van der Waals surface area contributed by atoms with Crippen LogP contribution >= 0.6 is 22.9 Å². The van der Waals surface area contributed by atoms with Crippen molar-refractivity contribution in [3.8, 4) is 0 Å². The first-order chi connectivity index (χ1) is 10.0. The number of carbonyl (C=O) groups is 2. The first-order valence-corrected chi connectivity index (χ1v) is 7.71. The Morgan fingerprint density at radius 3 is 2.90 bits per heavy atom. The number of hydrogen-bond donors (Lipinski definition) is 2. The molecule has 2 heterocycles. The van der Waals surface area contributed by atoms with Gasteiger partial charge in [-0.25, -0.2) is 0 Å². The summed E-state index contributed by atoms with van der Waals surface area (Å²) in [5.74, 6) is -0.208. The smallest absolute Gasteiger partial charge is 0.251 e. The third-order valence-corrected chi connectivity index (χ3v) is 4.78. The van der Waals surface area contributed by atoms with Crippen LogP contribution in [0.2, 0.25) is 4.34 Å². The van der Waals surface area contributed by atoms with Gasteiger partial charge in [0.05, 0.1) is 16.8 Å². The van der Waals surface area contributed by atoms with Crippen molar-refractivity contribution in [2.75, 3.05) is 5.32 Å². The standard InChI is InChI=1S/C15H13ClN2O2S/c1-8(12-4-5-13(16)21-12)17-15(20)10-3-2-9-7-14(19)18-11(9)6-10/h2-6,8H,7H2,1H3,(H,17,20)(H,18,19). The van der Waals surface area contributed by atoms with E-state index in [0.717, 1.165) is 16.1 Å². The highest BCUT2D eigenvalue weighted by Crippen LogP contribution is 2.27. The Labute approximate surface area is 131 Å². The van der Waals surface area contributed by atoms with Crippen molar-refractivity contribution in [2.45, 2.75) is 19.4 Å². The lowest BCUT2D eigenvalue weighted by atomic mass is 10.1. The predicted octanol–water partition coefficient (Wildman–Crippen LogP) is 3.39. The third kappa shape index (κ3) is 2.94. The minimum absolute atomic E-state index is 0.0378. The Balaban J connectivity index is 1.74. The van der Waals surface area contributed by atoms with Crippen LogP contribution in [0.3, 0.4) is 0 Å². The molecule has 1 aromatic heterocycles. The van der Waals surface area contributed by atoms with Crippen molar-refractivity contribution in [1.82, 2.24) is 5.32 Å². The molecule has 21 heavy (non-hydrogen) atoms. The molecule has 108 valence electrons. The summed E-state index contributed by atoms with van der Waals surface area (Å²) in [6, 6.07) is 8.87. The quantitative estimate of drug-likeness (QED) is 0.910. The Morgan fingerprint density at radius 1 is 1.38 bits per heavy atom. The molecule has 4 nitrogen and oxygen atoms in total. The van der Waals surface area contributed by atoms with Crippen LogP contribution < -0.4 is 10.6 Å². The minimum atomic E-state index is -0.170. The summed E-state index contributed by atoms with van der Waals surface area (Å²) in [5, 5.41) is 5.67. The molecule has 6 heteroatoms. The van der Waals surface area contributed by atoms with Gasteiger partial charge in [-0.1, -0.05) is 17.7 Å². The van der Waals surface area contributed by atoms with Crippen LogP contribution in [0.25, 0.3) is 0 Å². The summed E-state index contributed by atoms with van der Waals surface area (Å²) in [4.78, 5) is 24.6. The predicted molar refractivity (Wildman–Crippen MR) is 84.0 cm³/mol. The maximum Gasteiger partial charge on any atom is 0.251 e. The molecule has 0 saturated carbocycles. The van der Waals surface area contributed by atoms with E-state index in [4.69, 9.17) is 11.6 Å². The zero-order valence-corrected chi connectivity index (χ0v) is 12.8. The number of halogens is 1. The van der Waals surface area contributed by atoms with Crippen LogP contribution in [0.4, 0.5) is 5.69 Å². The number of rotatable bonds is 3. The second-order valence-corrected chi connectivity index (χ2v) is 6.68. The highest BCUT2D eigenvalue weighted by molar-refractivity contribution is 7.16. The van der Waals surface area contributed by atoms with Gasteiger partial charge in [0, 0.05) is 16.1 Å². The number of anilines is 1. The molecular formula is C15H13ClN2O2S. The number of thiophene rings is 1. The van der Waals surface area contributed by atoms with Gasteiger partial charge in [0.25, 0.3) is 5.91 Å². The summed E-state index contributed by atoms with van der Waals surface area (Å²) in [6.07, 6.45) is 0.376. The highest BCUT2D eigenvalue weighted by atomic mass is 35.5. The Bertz CT molecular complexity index is 726. The Kier molecular flexibility index (Phi) is 3.69. The Morgan fingerprint density at radius 2 is 2.19 bits per heavy atom. The lowest BCUT2D eigenvalue weighted by molar-refractivity contribution is -0.115. The van der Waals surface area contributed by atoms with Crippen LogP contribution in [0.15, 0.2) is 30.3 Å². The number of nitrogens with one attached hydrogen (secondary N) is 2. The average molecular weight is 321 g/mol. The molecule has 1 aliphatic rings. The van der Waals surface area contributed by atoms with Crippen molar-refractivity contribution < 1.29 is 9.59 Å². The second-order valence-electron chi connectivity index (χ2n) is 4.93. The monoisotopic (exact) mass is 320 g/mol. The first kappa shape index (κ1) is 14.1. The van der Waals surface area contributed by atoms with E-state index < -0.39 is 0 Å². The average Bonchev–Trinajstić information content (AvgIpc) is 3.02. The molecule has 1 unspecified atom stereocenters. The van der Waals surface area contributed by atoms with E-state index >= 15 is 0 Å². The second kappa shape index (κ2) is 5.50. The van der Waals surface area contributed by atoms with Gasteiger partial charge in [-0.05, 0) is 36.8 Å². The molecule has 1 aromatic carbocycles. The number of amides is 2. The van der Waals surface area contributed by atoms with E-state index in [0.29, 0.717) is 16.3 Å². The molecule has 0 radical (unpaired) electrons. The lowest BCUT2D eigenvalue weighted by Crippen LogP contribution is -2.26. The maximum absolute atomic E-state index is 12.3. The third-order valence-electron chi connectivity index (χ3n) is 3.37. The van der Waals surface area contributed by atoms with Gasteiger partial charge in [-0.3, -0.25) is 9.59 Å². The molecule has 1 atom stereocenters.